The summed E-state index contributed by atoms with van der Waals surface area (Å²) in [5.74, 6) is 0.172. The molecule has 3 nitrogen and oxygen atoms in total. The Morgan fingerprint density at radius 1 is 1.27 bits per heavy atom. The third-order valence-corrected chi connectivity index (χ3v) is 5.25. The number of hydrogen-bond acceptors (Lipinski definition) is 3. The van der Waals surface area contributed by atoms with Gasteiger partial charge in [-0.3, -0.25) is 0 Å². The molecule has 15 heavy (non-hydrogen) atoms. The summed E-state index contributed by atoms with van der Waals surface area (Å²) in [6.45, 7) is 1.67. The molecule has 0 radical (unpaired) electrons. The zero-order chi connectivity index (χ0) is 11.1. The smallest absolute Gasteiger partial charge is 0.155 e. The van der Waals surface area contributed by atoms with Crippen LogP contribution in [0.25, 0.3) is 0 Å². The first-order chi connectivity index (χ1) is 7.08. The summed E-state index contributed by atoms with van der Waals surface area (Å²) in [5.41, 5.74) is 6.86. The highest BCUT2D eigenvalue weighted by Gasteiger charge is 2.55. The van der Waals surface area contributed by atoms with Crippen molar-refractivity contribution in [2.24, 2.45) is 5.73 Å². The molecule has 0 aromatic heterocycles. The molecular weight excluding hydrogens is 210 g/mol. The predicted octanol–water partition coefficient (Wildman–Crippen LogP) is 0.914. The maximum atomic E-state index is 11.7. The number of benzene rings is 1. The van der Waals surface area contributed by atoms with Gasteiger partial charge in [-0.25, -0.2) is 8.42 Å². The van der Waals surface area contributed by atoms with E-state index >= 15 is 0 Å². The van der Waals surface area contributed by atoms with Crippen LogP contribution in [0, 0.1) is 0 Å². The molecule has 1 saturated carbocycles. The molecule has 0 spiro atoms. The second-order valence-electron chi connectivity index (χ2n) is 3.93. The van der Waals surface area contributed by atoms with Crippen LogP contribution in [0.2, 0.25) is 0 Å². The maximum Gasteiger partial charge on any atom is 0.155 e. The lowest BCUT2D eigenvalue weighted by atomic mass is 10.1. The molecule has 4 heteroatoms. The van der Waals surface area contributed by atoms with Gasteiger partial charge in [0.1, 0.15) is 0 Å². The SMILES string of the molecule is CCS(=O)(=O)[C@H]1[C@H](N)[C@@H]1c1ccccc1. The molecule has 0 amide bonds. The van der Waals surface area contributed by atoms with Gasteiger partial charge in [-0.15, -0.1) is 0 Å². The molecule has 2 N–H and O–H groups in total. The van der Waals surface area contributed by atoms with Crippen LogP contribution in [0.3, 0.4) is 0 Å². The number of nitrogens with two attached hydrogens (primary N) is 1. The summed E-state index contributed by atoms with van der Waals surface area (Å²) >= 11 is 0. The van der Waals surface area contributed by atoms with E-state index in [1.807, 2.05) is 30.3 Å². The topological polar surface area (TPSA) is 60.2 Å². The minimum absolute atomic E-state index is 0.00356. The molecule has 2 rings (SSSR count). The van der Waals surface area contributed by atoms with Crippen molar-refractivity contribution in [3.63, 3.8) is 0 Å². The summed E-state index contributed by atoms with van der Waals surface area (Å²) in [5, 5.41) is -0.370. The molecule has 0 heterocycles. The van der Waals surface area contributed by atoms with Crippen LogP contribution in [0.15, 0.2) is 30.3 Å². The Morgan fingerprint density at radius 3 is 2.40 bits per heavy atom. The van der Waals surface area contributed by atoms with Gasteiger partial charge in [0.15, 0.2) is 9.84 Å². The molecule has 1 fully saturated rings. The maximum absolute atomic E-state index is 11.7. The van der Waals surface area contributed by atoms with Gasteiger partial charge in [-0.2, -0.15) is 0 Å². The van der Waals surface area contributed by atoms with Crippen molar-refractivity contribution < 1.29 is 8.42 Å². The zero-order valence-electron chi connectivity index (χ0n) is 8.63. The van der Waals surface area contributed by atoms with E-state index in [1.54, 1.807) is 6.92 Å². The van der Waals surface area contributed by atoms with Crippen LogP contribution in [0.1, 0.15) is 18.4 Å². The molecule has 0 aliphatic heterocycles. The highest BCUT2D eigenvalue weighted by Crippen LogP contribution is 2.44. The van der Waals surface area contributed by atoms with Crippen molar-refractivity contribution in [3.05, 3.63) is 35.9 Å². The van der Waals surface area contributed by atoms with E-state index in [9.17, 15) is 8.42 Å². The quantitative estimate of drug-likeness (QED) is 0.832. The molecule has 1 aromatic rings. The lowest BCUT2D eigenvalue weighted by Crippen LogP contribution is -2.17. The molecular formula is C11H15NO2S. The number of sulfone groups is 1. The molecule has 0 saturated heterocycles. The largest absolute Gasteiger partial charge is 0.326 e. The van der Waals surface area contributed by atoms with Crippen molar-refractivity contribution >= 4 is 9.84 Å². The standard InChI is InChI=1S/C11H15NO2S/c1-2-15(13,14)11-9(10(11)12)8-6-4-3-5-7-8/h3-7,9-11H,2,12H2,1H3/t9-,10+,11+/m0/s1. The minimum atomic E-state index is -3.00. The van der Waals surface area contributed by atoms with Crippen LogP contribution in [-0.4, -0.2) is 25.5 Å². The van der Waals surface area contributed by atoms with E-state index in [0.717, 1.165) is 5.56 Å². The lowest BCUT2D eigenvalue weighted by Gasteiger charge is -1.99. The Morgan fingerprint density at radius 2 is 1.87 bits per heavy atom. The summed E-state index contributed by atoms with van der Waals surface area (Å²) in [6, 6.07) is 9.40. The molecule has 1 aliphatic carbocycles. The van der Waals surface area contributed by atoms with E-state index < -0.39 is 9.84 Å². The Hall–Kier alpha value is -0.870. The first-order valence-electron chi connectivity index (χ1n) is 5.10. The fourth-order valence-corrected chi connectivity index (χ4v) is 3.78. The first kappa shape index (κ1) is 10.6. The average molecular weight is 225 g/mol. The lowest BCUT2D eigenvalue weighted by molar-refractivity contribution is 0.594. The first-order valence-corrected chi connectivity index (χ1v) is 6.81. The zero-order valence-corrected chi connectivity index (χ0v) is 9.44. The van der Waals surface area contributed by atoms with Crippen LogP contribution >= 0.6 is 0 Å². The normalized spacial score (nSPS) is 30.1. The Balaban J connectivity index is 2.24. The van der Waals surface area contributed by atoms with Gasteiger partial charge in [-0.1, -0.05) is 37.3 Å². The molecule has 1 aliphatic rings. The van der Waals surface area contributed by atoms with Crippen LogP contribution < -0.4 is 5.73 Å². The Bertz CT molecular complexity index is 441. The molecule has 3 atom stereocenters. The molecule has 0 bridgehead atoms. The van der Waals surface area contributed by atoms with E-state index in [1.165, 1.54) is 0 Å². The van der Waals surface area contributed by atoms with Crippen molar-refractivity contribution in [2.45, 2.75) is 24.1 Å². The second-order valence-corrected chi connectivity index (χ2v) is 6.38. The summed E-state index contributed by atoms with van der Waals surface area (Å²) < 4.78 is 23.4. The third kappa shape index (κ3) is 1.79. The van der Waals surface area contributed by atoms with Crippen molar-refractivity contribution in [1.29, 1.82) is 0 Å². The highest BCUT2D eigenvalue weighted by molar-refractivity contribution is 7.92. The van der Waals surface area contributed by atoms with E-state index in [0.29, 0.717) is 0 Å². The summed E-state index contributed by atoms with van der Waals surface area (Å²) in [7, 11) is -3.00. The van der Waals surface area contributed by atoms with Crippen LogP contribution in [-0.2, 0) is 9.84 Å². The van der Waals surface area contributed by atoms with E-state index in [2.05, 4.69) is 0 Å². The van der Waals surface area contributed by atoms with Crippen molar-refractivity contribution in [2.75, 3.05) is 5.75 Å². The summed E-state index contributed by atoms with van der Waals surface area (Å²) in [4.78, 5) is 0. The van der Waals surface area contributed by atoms with Crippen LogP contribution in [0.5, 0.6) is 0 Å². The molecule has 82 valence electrons. The number of hydrogen-bond donors (Lipinski definition) is 1. The fraction of sp³-hybridized carbons (Fsp3) is 0.455. The van der Waals surface area contributed by atoms with Crippen LogP contribution in [0.4, 0.5) is 0 Å². The average Bonchev–Trinajstić information content (AvgIpc) is 2.92. The minimum Gasteiger partial charge on any atom is -0.326 e. The molecule has 0 unspecified atom stereocenters. The Kier molecular flexibility index (Phi) is 2.56. The predicted molar refractivity (Wildman–Crippen MR) is 60.4 cm³/mol. The van der Waals surface area contributed by atoms with E-state index in [-0.39, 0.29) is 23.0 Å². The van der Waals surface area contributed by atoms with Gasteiger partial charge in [0.05, 0.1) is 5.25 Å². The highest BCUT2D eigenvalue weighted by atomic mass is 32.2. The van der Waals surface area contributed by atoms with Gasteiger partial charge in [0.25, 0.3) is 0 Å². The number of rotatable bonds is 3. The van der Waals surface area contributed by atoms with Gasteiger partial charge in [0.2, 0.25) is 0 Å². The van der Waals surface area contributed by atoms with E-state index in [4.69, 9.17) is 5.73 Å². The van der Waals surface area contributed by atoms with Gasteiger partial charge >= 0.3 is 0 Å². The fourth-order valence-electron chi connectivity index (χ4n) is 2.05. The second kappa shape index (κ2) is 3.61. The Labute approximate surface area is 90.2 Å². The van der Waals surface area contributed by atoms with Gasteiger partial charge in [0, 0.05) is 17.7 Å². The van der Waals surface area contributed by atoms with Gasteiger partial charge in [-0.05, 0) is 5.56 Å². The monoisotopic (exact) mass is 225 g/mol. The van der Waals surface area contributed by atoms with Crippen molar-refractivity contribution in [1.82, 2.24) is 0 Å². The van der Waals surface area contributed by atoms with Gasteiger partial charge < -0.3 is 5.73 Å². The summed E-state index contributed by atoms with van der Waals surface area (Å²) in [6.07, 6.45) is 0. The van der Waals surface area contributed by atoms with Crippen molar-refractivity contribution in [3.8, 4) is 0 Å². The third-order valence-electron chi connectivity index (χ3n) is 3.01. The molecule has 1 aromatic carbocycles.